The van der Waals surface area contributed by atoms with Gasteiger partial charge in [0.25, 0.3) is 0 Å². The maximum absolute atomic E-state index is 12.3. The number of hydrogen-bond donors (Lipinski definition) is 2. The Morgan fingerprint density at radius 2 is 2.12 bits per heavy atom. The smallest absolute Gasteiger partial charge is 0.227 e. The monoisotopic (exact) mass is 242 g/mol. The molecule has 1 aliphatic carbocycles. The van der Waals surface area contributed by atoms with Crippen LogP contribution in [0.5, 0.6) is 0 Å². The molecule has 1 aliphatic rings. The number of carbonyl (C=O) groups excluding carboxylic acids is 1. The van der Waals surface area contributed by atoms with Crippen LogP contribution in [0.3, 0.4) is 0 Å². The standard InChI is InChI=1S/C13H26N2O2/c1-10-4-6-13(9-14,7-5-10)12(16)15-11(2)8-17-3/h10-11H,4-9,14H2,1-3H3,(H,15,16). The third-order valence-corrected chi connectivity index (χ3v) is 3.90. The number of hydrogen-bond acceptors (Lipinski definition) is 3. The lowest BCUT2D eigenvalue weighted by Crippen LogP contribution is -2.51. The van der Waals surface area contributed by atoms with E-state index in [0.29, 0.717) is 13.2 Å². The van der Waals surface area contributed by atoms with Crippen molar-refractivity contribution in [3.8, 4) is 0 Å². The first kappa shape index (κ1) is 14.5. The Hall–Kier alpha value is -0.610. The normalized spacial score (nSPS) is 30.9. The van der Waals surface area contributed by atoms with E-state index in [9.17, 15) is 4.79 Å². The zero-order chi connectivity index (χ0) is 12.9. The molecule has 1 unspecified atom stereocenters. The molecule has 0 aromatic heterocycles. The SMILES string of the molecule is COCC(C)NC(=O)C1(CN)CCC(C)CC1. The fourth-order valence-corrected chi connectivity index (χ4v) is 2.51. The number of ether oxygens (including phenoxy) is 1. The van der Waals surface area contributed by atoms with Crippen molar-refractivity contribution in [2.75, 3.05) is 20.3 Å². The van der Waals surface area contributed by atoms with Crippen LogP contribution in [0.25, 0.3) is 0 Å². The Bertz CT molecular complexity index is 248. The van der Waals surface area contributed by atoms with E-state index in [-0.39, 0.29) is 17.4 Å². The molecule has 1 saturated carbocycles. The van der Waals surface area contributed by atoms with Crippen molar-refractivity contribution < 1.29 is 9.53 Å². The average Bonchev–Trinajstić information content (AvgIpc) is 2.30. The van der Waals surface area contributed by atoms with E-state index >= 15 is 0 Å². The van der Waals surface area contributed by atoms with E-state index in [1.54, 1.807) is 7.11 Å². The lowest BCUT2D eigenvalue weighted by atomic mass is 9.70. The van der Waals surface area contributed by atoms with Crippen molar-refractivity contribution in [1.82, 2.24) is 5.32 Å². The predicted octanol–water partition coefficient (Wildman–Crippen LogP) is 1.29. The minimum absolute atomic E-state index is 0.0512. The van der Waals surface area contributed by atoms with Gasteiger partial charge in [-0.2, -0.15) is 0 Å². The molecular weight excluding hydrogens is 216 g/mol. The molecule has 0 aromatic carbocycles. The Morgan fingerprint density at radius 1 is 1.53 bits per heavy atom. The van der Waals surface area contributed by atoms with Crippen molar-refractivity contribution >= 4 is 5.91 Å². The van der Waals surface area contributed by atoms with Gasteiger partial charge in [-0.15, -0.1) is 0 Å². The van der Waals surface area contributed by atoms with E-state index in [2.05, 4.69) is 12.2 Å². The predicted molar refractivity (Wildman–Crippen MR) is 68.6 cm³/mol. The van der Waals surface area contributed by atoms with Gasteiger partial charge in [-0.25, -0.2) is 0 Å². The summed E-state index contributed by atoms with van der Waals surface area (Å²) in [5.74, 6) is 0.829. The molecule has 0 bridgehead atoms. The zero-order valence-electron chi connectivity index (χ0n) is 11.3. The second-order valence-electron chi connectivity index (χ2n) is 5.50. The first-order valence-corrected chi connectivity index (χ1v) is 6.54. The van der Waals surface area contributed by atoms with Gasteiger partial charge in [0.2, 0.25) is 5.91 Å². The van der Waals surface area contributed by atoms with Gasteiger partial charge in [0.15, 0.2) is 0 Å². The summed E-state index contributed by atoms with van der Waals surface area (Å²) in [6.07, 6.45) is 4.03. The van der Waals surface area contributed by atoms with E-state index in [4.69, 9.17) is 10.5 Å². The number of rotatable bonds is 5. The fraction of sp³-hybridized carbons (Fsp3) is 0.923. The Balaban J connectivity index is 2.57. The van der Waals surface area contributed by atoms with Gasteiger partial charge in [-0.05, 0) is 38.5 Å². The minimum atomic E-state index is -0.339. The van der Waals surface area contributed by atoms with Crippen LogP contribution in [0, 0.1) is 11.3 Å². The third-order valence-electron chi connectivity index (χ3n) is 3.90. The molecule has 1 amide bonds. The highest BCUT2D eigenvalue weighted by atomic mass is 16.5. The lowest BCUT2D eigenvalue weighted by molar-refractivity contribution is -0.133. The highest BCUT2D eigenvalue weighted by Crippen LogP contribution is 2.38. The second kappa shape index (κ2) is 6.36. The van der Waals surface area contributed by atoms with Crippen LogP contribution >= 0.6 is 0 Å². The molecule has 0 spiro atoms. The highest BCUT2D eigenvalue weighted by Gasteiger charge is 2.40. The summed E-state index contributed by atoms with van der Waals surface area (Å²) < 4.78 is 5.03. The van der Waals surface area contributed by atoms with Gasteiger partial charge < -0.3 is 15.8 Å². The van der Waals surface area contributed by atoms with Gasteiger partial charge in [-0.1, -0.05) is 6.92 Å². The third kappa shape index (κ3) is 3.68. The first-order valence-electron chi connectivity index (χ1n) is 6.54. The molecule has 0 saturated heterocycles. The van der Waals surface area contributed by atoms with Crippen molar-refractivity contribution in [3.05, 3.63) is 0 Å². The molecule has 4 nitrogen and oxygen atoms in total. The van der Waals surface area contributed by atoms with Gasteiger partial charge in [0, 0.05) is 19.7 Å². The van der Waals surface area contributed by atoms with Crippen molar-refractivity contribution in [3.63, 3.8) is 0 Å². The number of methoxy groups -OCH3 is 1. The van der Waals surface area contributed by atoms with Crippen LogP contribution in [0.1, 0.15) is 39.5 Å². The number of carbonyl (C=O) groups is 1. The zero-order valence-corrected chi connectivity index (χ0v) is 11.3. The molecule has 1 rings (SSSR count). The van der Waals surface area contributed by atoms with E-state index in [1.165, 1.54) is 0 Å². The molecule has 3 N–H and O–H groups in total. The Kier molecular flexibility index (Phi) is 5.40. The molecule has 17 heavy (non-hydrogen) atoms. The molecule has 0 heterocycles. The molecular formula is C13H26N2O2. The van der Waals surface area contributed by atoms with E-state index in [1.807, 2.05) is 6.92 Å². The summed E-state index contributed by atoms with van der Waals surface area (Å²) >= 11 is 0. The van der Waals surface area contributed by atoms with Gasteiger partial charge in [0.05, 0.1) is 12.0 Å². The number of amides is 1. The van der Waals surface area contributed by atoms with Crippen LogP contribution < -0.4 is 11.1 Å². The van der Waals surface area contributed by atoms with Crippen LogP contribution in [0.4, 0.5) is 0 Å². The summed E-state index contributed by atoms with van der Waals surface area (Å²) in [5, 5.41) is 3.01. The molecule has 4 heteroatoms. The van der Waals surface area contributed by atoms with Gasteiger partial charge in [-0.3, -0.25) is 4.79 Å². The minimum Gasteiger partial charge on any atom is -0.383 e. The fourth-order valence-electron chi connectivity index (χ4n) is 2.51. The number of nitrogens with one attached hydrogen (secondary N) is 1. The van der Waals surface area contributed by atoms with E-state index < -0.39 is 0 Å². The largest absolute Gasteiger partial charge is 0.383 e. The van der Waals surface area contributed by atoms with Crippen LogP contribution in [-0.2, 0) is 9.53 Å². The van der Waals surface area contributed by atoms with Crippen LogP contribution in [0.15, 0.2) is 0 Å². The molecule has 1 fully saturated rings. The average molecular weight is 242 g/mol. The summed E-state index contributed by atoms with van der Waals surface area (Å²) in [6.45, 7) is 5.19. The van der Waals surface area contributed by atoms with Gasteiger partial charge >= 0.3 is 0 Å². The maximum atomic E-state index is 12.3. The Labute approximate surface area is 104 Å². The first-order chi connectivity index (χ1) is 8.04. The topological polar surface area (TPSA) is 64.3 Å². The number of nitrogens with two attached hydrogens (primary N) is 1. The quantitative estimate of drug-likeness (QED) is 0.763. The summed E-state index contributed by atoms with van der Waals surface area (Å²) in [6, 6.07) is 0.0512. The van der Waals surface area contributed by atoms with Crippen molar-refractivity contribution in [2.24, 2.45) is 17.1 Å². The van der Waals surface area contributed by atoms with Gasteiger partial charge in [0.1, 0.15) is 0 Å². The molecule has 0 aliphatic heterocycles. The maximum Gasteiger partial charge on any atom is 0.227 e. The van der Waals surface area contributed by atoms with Crippen LogP contribution in [0.2, 0.25) is 0 Å². The summed E-state index contributed by atoms with van der Waals surface area (Å²) in [4.78, 5) is 12.3. The van der Waals surface area contributed by atoms with Crippen molar-refractivity contribution in [1.29, 1.82) is 0 Å². The molecule has 0 aromatic rings. The Morgan fingerprint density at radius 3 is 2.59 bits per heavy atom. The van der Waals surface area contributed by atoms with Crippen molar-refractivity contribution in [2.45, 2.75) is 45.6 Å². The van der Waals surface area contributed by atoms with E-state index in [0.717, 1.165) is 31.6 Å². The molecule has 0 radical (unpaired) electrons. The molecule has 1 atom stereocenters. The highest BCUT2D eigenvalue weighted by molar-refractivity contribution is 5.83. The van der Waals surface area contributed by atoms with Crippen LogP contribution in [-0.4, -0.2) is 32.2 Å². The molecule has 100 valence electrons. The summed E-state index contributed by atoms with van der Waals surface area (Å²) in [7, 11) is 1.64. The lowest BCUT2D eigenvalue weighted by Gasteiger charge is -2.37. The summed E-state index contributed by atoms with van der Waals surface area (Å²) in [5.41, 5.74) is 5.50. The second-order valence-corrected chi connectivity index (χ2v) is 5.50.